The number of ether oxygens (including phenoxy) is 2. The first kappa shape index (κ1) is 26.9. The summed E-state index contributed by atoms with van der Waals surface area (Å²) in [6.07, 6.45) is 6.29. The number of aromatic nitrogens is 5. The highest BCUT2D eigenvalue weighted by Crippen LogP contribution is 2.52. The molecule has 6 rings (SSSR count). The van der Waals surface area contributed by atoms with Gasteiger partial charge in [0.05, 0.1) is 43.4 Å². The quantitative estimate of drug-likeness (QED) is 0.322. The Balaban J connectivity index is 1.40. The zero-order valence-corrected chi connectivity index (χ0v) is 24.6. The standard InChI is InChI=1S/C28H42N6O4Si/c1-19-17-37-10-9-32(19)24-13-23(28(36)14-20-5-6-21(15-28)26(20)35)22-16-30-34(27(22)31-24)25-7-8-29-33(25)18-38-11-12-39(2,3)4/h7-8,13,16,19-21,26,35-36H,5-6,9-12,14-15,17-18H2,1-4H3/t19-,20?,21?,26?,28?/m1/s1. The van der Waals surface area contributed by atoms with E-state index in [1.165, 1.54) is 0 Å². The first-order valence-corrected chi connectivity index (χ1v) is 18.1. The number of aliphatic hydroxyl groups excluding tert-OH is 1. The minimum absolute atomic E-state index is 0.118. The average molecular weight is 555 g/mol. The highest BCUT2D eigenvalue weighted by atomic mass is 28.3. The molecule has 2 saturated carbocycles. The molecule has 4 heterocycles. The topological polar surface area (TPSA) is 111 Å². The third kappa shape index (κ3) is 5.15. The Hall–Kier alpha value is -2.31. The molecule has 2 aliphatic carbocycles. The molecule has 3 aromatic heterocycles. The predicted octanol–water partition coefficient (Wildman–Crippen LogP) is 3.52. The van der Waals surface area contributed by atoms with Crippen LogP contribution in [0.15, 0.2) is 24.5 Å². The van der Waals surface area contributed by atoms with Crippen LogP contribution >= 0.6 is 0 Å². The number of nitrogens with zero attached hydrogens (tertiary/aromatic N) is 6. The number of fused-ring (bicyclic) bond motifs is 3. The van der Waals surface area contributed by atoms with Crippen LogP contribution < -0.4 is 4.90 Å². The van der Waals surface area contributed by atoms with E-state index in [0.717, 1.165) is 48.0 Å². The van der Waals surface area contributed by atoms with Crippen molar-refractivity contribution in [2.75, 3.05) is 31.3 Å². The van der Waals surface area contributed by atoms with E-state index >= 15 is 0 Å². The molecule has 2 bridgehead atoms. The molecule has 3 aromatic rings. The molecule has 39 heavy (non-hydrogen) atoms. The monoisotopic (exact) mass is 554 g/mol. The Bertz CT molecular complexity index is 1310. The number of hydrogen-bond donors (Lipinski definition) is 2. The van der Waals surface area contributed by atoms with Crippen LogP contribution in [-0.4, -0.2) is 81.3 Å². The number of aliphatic hydroxyl groups is 2. The minimum Gasteiger partial charge on any atom is -0.393 e. The van der Waals surface area contributed by atoms with Crippen LogP contribution in [0, 0.1) is 11.8 Å². The van der Waals surface area contributed by atoms with Crippen LogP contribution in [-0.2, 0) is 21.8 Å². The van der Waals surface area contributed by atoms with Crippen molar-refractivity contribution in [1.29, 1.82) is 0 Å². The van der Waals surface area contributed by atoms with Crippen LogP contribution in [0.4, 0.5) is 5.82 Å². The maximum atomic E-state index is 12.2. The average Bonchev–Trinajstić information content (AvgIpc) is 3.57. The van der Waals surface area contributed by atoms with Crippen LogP contribution in [0.25, 0.3) is 16.9 Å². The molecule has 11 heteroatoms. The third-order valence-corrected chi connectivity index (χ3v) is 10.6. The van der Waals surface area contributed by atoms with Gasteiger partial charge < -0.3 is 24.6 Å². The van der Waals surface area contributed by atoms with E-state index in [9.17, 15) is 10.2 Å². The van der Waals surface area contributed by atoms with Gasteiger partial charge in [-0.3, -0.25) is 0 Å². The molecule has 3 aliphatic rings. The van der Waals surface area contributed by atoms with E-state index in [0.29, 0.717) is 45.0 Å². The molecular weight excluding hydrogens is 512 g/mol. The van der Waals surface area contributed by atoms with Gasteiger partial charge in [-0.05, 0) is 62.1 Å². The van der Waals surface area contributed by atoms with Crippen LogP contribution in [0.2, 0.25) is 25.7 Å². The molecule has 3 fully saturated rings. The van der Waals surface area contributed by atoms with Gasteiger partial charge in [-0.15, -0.1) is 0 Å². The van der Waals surface area contributed by atoms with Crippen molar-refractivity contribution in [2.45, 2.75) is 82.8 Å². The Morgan fingerprint density at radius 3 is 2.67 bits per heavy atom. The number of rotatable bonds is 8. The molecule has 0 spiro atoms. The summed E-state index contributed by atoms with van der Waals surface area (Å²) in [6.45, 7) is 12.2. The van der Waals surface area contributed by atoms with Crippen LogP contribution in [0.1, 0.15) is 38.2 Å². The van der Waals surface area contributed by atoms with Crippen molar-refractivity contribution in [3.8, 4) is 5.82 Å². The number of anilines is 1. The van der Waals surface area contributed by atoms with Gasteiger partial charge in [-0.2, -0.15) is 14.9 Å². The molecule has 1 saturated heterocycles. The summed E-state index contributed by atoms with van der Waals surface area (Å²) in [7, 11) is -1.19. The van der Waals surface area contributed by atoms with E-state index in [1.54, 1.807) is 6.20 Å². The molecule has 2 N–H and O–H groups in total. The second-order valence-electron chi connectivity index (χ2n) is 13.0. The van der Waals surface area contributed by atoms with Crippen LogP contribution in [0.5, 0.6) is 0 Å². The van der Waals surface area contributed by atoms with Crippen molar-refractivity contribution >= 4 is 24.9 Å². The van der Waals surface area contributed by atoms with E-state index in [4.69, 9.17) is 19.6 Å². The lowest BCUT2D eigenvalue weighted by molar-refractivity contribution is -0.0750. The predicted molar refractivity (Wildman–Crippen MR) is 152 cm³/mol. The lowest BCUT2D eigenvalue weighted by Gasteiger charge is -2.40. The van der Waals surface area contributed by atoms with Crippen molar-refractivity contribution in [3.05, 3.63) is 30.1 Å². The highest BCUT2D eigenvalue weighted by Gasteiger charge is 2.50. The van der Waals surface area contributed by atoms with Crippen molar-refractivity contribution in [3.63, 3.8) is 0 Å². The molecule has 0 aromatic carbocycles. The molecule has 0 radical (unpaired) electrons. The Morgan fingerprint density at radius 2 is 1.95 bits per heavy atom. The number of morpholine rings is 1. The summed E-state index contributed by atoms with van der Waals surface area (Å²) in [4.78, 5) is 7.38. The first-order chi connectivity index (χ1) is 18.6. The van der Waals surface area contributed by atoms with Gasteiger partial charge in [-0.25, -0.2) is 9.67 Å². The summed E-state index contributed by atoms with van der Waals surface area (Å²) in [5, 5.41) is 33.0. The summed E-state index contributed by atoms with van der Waals surface area (Å²) >= 11 is 0. The van der Waals surface area contributed by atoms with E-state index in [1.807, 2.05) is 21.6 Å². The van der Waals surface area contributed by atoms with Gasteiger partial charge in [0.25, 0.3) is 0 Å². The van der Waals surface area contributed by atoms with Gasteiger partial charge in [0.15, 0.2) is 11.5 Å². The summed E-state index contributed by atoms with van der Waals surface area (Å²) in [6, 6.07) is 5.24. The lowest BCUT2D eigenvalue weighted by atomic mass is 9.72. The van der Waals surface area contributed by atoms with Gasteiger partial charge in [0.1, 0.15) is 12.5 Å². The summed E-state index contributed by atoms with van der Waals surface area (Å²) < 4.78 is 15.3. The molecule has 2 unspecified atom stereocenters. The van der Waals surface area contributed by atoms with Crippen molar-refractivity contribution in [1.82, 2.24) is 24.5 Å². The maximum Gasteiger partial charge on any atom is 0.167 e. The fraction of sp³-hybridized carbons (Fsp3) is 0.679. The fourth-order valence-corrected chi connectivity index (χ4v) is 7.42. The Labute approximate surface area is 230 Å². The van der Waals surface area contributed by atoms with Gasteiger partial charge >= 0.3 is 0 Å². The van der Waals surface area contributed by atoms with Gasteiger partial charge in [0, 0.05) is 32.7 Å². The van der Waals surface area contributed by atoms with E-state index in [-0.39, 0.29) is 24.0 Å². The Kier molecular flexibility index (Phi) is 7.07. The second kappa shape index (κ2) is 10.3. The molecule has 3 atom stereocenters. The molecule has 212 valence electrons. The molecular formula is C28H42N6O4Si. The fourth-order valence-electron chi connectivity index (χ4n) is 6.66. The normalized spacial score (nSPS) is 29.4. The molecule has 0 amide bonds. The maximum absolute atomic E-state index is 12.2. The number of hydrogen-bond acceptors (Lipinski definition) is 8. The smallest absolute Gasteiger partial charge is 0.167 e. The highest BCUT2D eigenvalue weighted by molar-refractivity contribution is 6.76. The summed E-state index contributed by atoms with van der Waals surface area (Å²) in [5.74, 6) is 1.83. The number of pyridine rings is 1. The zero-order chi connectivity index (χ0) is 27.4. The molecule has 1 aliphatic heterocycles. The SMILES string of the molecule is C[C@@H]1COCCN1c1cc(C2(O)CC3CCC(C2)C3O)c2cnn(-c3ccnn3COCC[Si](C)(C)C)c2n1. The van der Waals surface area contributed by atoms with Crippen LogP contribution in [0.3, 0.4) is 0 Å². The first-order valence-electron chi connectivity index (χ1n) is 14.4. The molecule has 10 nitrogen and oxygen atoms in total. The summed E-state index contributed by atoms with van der Waals surface area (Å²) in [5.41, 5.74) is 0.510. The lowest BCUT2D eigenvalue weighted by Crippen LogP contribution is -2.45. The van der Waals surface area contributed by atoms with Crippen molar-refractivity contribution in [2.24, 2.45) is 11.8 Å². The third-order valence-electron chi connectivity index (χ3n) is 8.89. The van der Waals surface area contributed by atoms with E-state index < -0.39 is 13.7 Å². The van der Waals surface area contributed by atoms with E-state index in [2.05, 4.69) is 42.6 Å². The van der Waals surface area contributed by atoms with Crippen molar-refractivity contribution < 1.29 is 19.7 Å². The Morgan fingerprint density at radius 1 is 1.18 bits per heavy atom. The largest absolute Gasteiger partial charge is 0.393 e. The second-order valence-corrected chi connectivity index (χ2v) is 18.6. The van der Waals surface area contributed by atoms with Gasteiger partial charge in [0.2, 0.25) is 0 Å². The van der Waals surface area contributed by atoms with Gasteiger partial charge in [-0.1, -0.05) is 19.6 Å². The zero-order valence-electron chi connectivity index (χ0n) is 23.6. The minimum atomic E-state index is -1.19.